The van der Waals surface area contributed by atoms with E-state index in [-0.39, 0.29) is 6.42 Å². The summed E-state index contributed by atoms with van der Waals surface area (Å²) in [6.45, 7) is 8.98. The van der Waals surface area contributed by atoms with Gasteiger partial charge in [-0.1, -0.05) is 26.7 Å². The van der Waals surface area contributed by atoms with E-state index >= 15 is 0 Å². The van der Waals surface area contributed by atoms with Crippen molar-refractivity contribution in [2.75, 3.05) is 19.8 Å². The van der Waals surface area contributed by atoms with Crippen LogP contribution in [0.15, 0.2) is 36.0 Å². The van der Waals surface area contributed by atoms with E-state index < -0.39 is 55.6 Å². The molecule has 0 aliphatic heterocycles. The van der Waals surface area contributed by atoms with Crippen LogP contribution in [0, 0.1) is 5.41 Å². The Morgan fingerprint density at radius 2 is 0.958 bits per heavy atom. The zero-order valence-corrected chi connectivity index (χ0v) is 15.5. The molecule has 0 N–H and O–H groups in total. The minimum absolute atomic E-state index is 0.0823. The number of hydrogen-bond acceptors (Lipinski definition) is 9. The quantitative estimate of drug-likeness (QED) is 0.410. The van der Waals surface area contributed by atoms with Gasteiger partial charge >= 0.3 is 0 Å². The lowest BCUT2D eigenvalue weighted by Crippen LogP contribution is -2.38. The van der Waals surface area contributed by atoms with Crippen LogP contribution in [0.2, 0.25) is 0 Å². The molecule has 0 spiro atoms. The summed E-state index contributed by atoms with van der Waals surface area (Å²) in [7, 11) is -12.2. The molecule has 0 bridgehead atoms. The zero-order valence-electron chi connectivity index (χ0n) is 13.1. The molecular formula is C12H20O9S3. The maximum Gasteiger partial charge on any atom is 0.289 e. The van der Waals surface area contributed by atoms with Gasteiger partial charge in [0.1, 0.15) is 0 Å². The van der Waals surface area contributed by atoms with Crippen LogP contribution in [0.3, 0.4) is 0 Å². The Labute approximate surface area is 143 Å². The second-order valence-corrected chi connectivity index (χ2v) is 9.28. The summed E-state index contributed by atoms with van der Waals surface area (Å²) in [5.74, 6) is 0. The topological polar surface area (TPSA) is 130 Å². The Morgan fingerprint density at radius 1 is 0.708 bits per heavy atom. The largest absolute Gasteiger partial charge is 0.289 e. The van der Waals surface area contributed by atoms with E-state index in [1.807, 2.05) is 0 Å². The van der Waals surface area contributed by atoms with Gasteiger partial charge in [0, 0.05) is 5.41 Å². The fourth-order valence-corrected chi connectivity index (χ4v) is 2.73. The zero-order chi connectivity index (χ0) is 19.1. The Morgan fingerprint density at radius 3 is 1.12 bits per heavy atom. The molecule has 0 saturated heterocycles. The van der Waals surface area contributed by atoms with E-state index in [4.69, 9.17) is 0 Å². The molecule has 0 radical (unpaired) electrons. The van der Waals surface area contributed by atoms with Crippen LogP contribution in [-0.4, -0.2) is 45.1 Å². The van der Waals surface area contributed by atoms with E-state index in [2.05, 4.69) is 32.3 Å². The lowest BCUT2D eigenvalue weighted by Gasteiger charge is -2.30. The van der Waals surface area contributed by atoms with Crippen molar-refractivity contribution in [3.63, 3.8) is 0 Å². The molecule has 0 saturated carbocycles. The van der Waals surface area contributed by atoms with Crippen molar-refractivity contribution in [2.24, 2.45) is 5.41 Å². The van der Waals surface area contributed by atoms with Gasteiger partial charge in [0.25, 0.3) is 30.4 Å². The Kier molecular flexibility index (Phi) is 8.49. The maximum atomic E-state index is 11.4. The van der Waals surface area contributed by atoms with E-state index in [9.17, 15) is 25.3 Å². The fourth-order valence-electron chi connectivity index (χ4n) is 1.20. The molecule has 12 heteroatoms. The standard InChI is InChI=1S/C12H20O9S3/c1-5-12(9-19-22(13,14)6-2,10-20-23(15,16)7-3)11-21-24(17,18)8-4/h6-8H,2-5,9-11H2,1H3. The molecule has 0 atom stereocenters. The normalized spacial score (nSPS) is 13.4. The number of hydrogen-bond donors (Lipinski definition) is 0. The van der Waals surface area contributed by atoms with Crippen LogP contribution >= 0.6 is 0 Å². The van der Waals surface area contributed by atoms with Crippen LogP contribution in [0.1, 0.15) is 13.3 Å². The summed E-state index contributed by atoms with van der Waals surface area (Å²) in [6, 6.07) is 0. The average molecular weight is 404 g/mol. The van der Waals surface area contributed by atoms with Gasteiger partial charge in [-0.15, -0.1) is 0 Å². The van der Waals surface area contributed by atoms with Crippen molar-refractivity contribution in [1.82, 2.24) is 0 Å². The second kappa shape index (κ2) is 8.87. The van der Waals surface area contributed by atoms with Gasteiger partial charge in [-0.25, -0.2) is 0 Å². The maximum absolute atomic E-state index is 11.4. The molecule has 0 unspecified atom stereocenters. The summed E-state index contributed by atoms with van der Waals surface area (Å²) in [6.07, 6.45) is 0.0823. The van der Waals surface area contributed by atoms with Crippen molar-refractivity contribution < 1.29 is 37.8 Å². The smallest absolute Gasteiger partial charge is 0.266 e. The lowest BCUT2D eigenvalue weighted by molar-refractivity contribution is 0.0382. The summed E-state index contributed by atoms with van der Waals surface area (Å²) in [5, 5.41) is 1.66. The highest BCUT2D eigenvalue weighted by atomic mass is 32.2. The van der Waals surface area contributed by atoms with Gasteiger partial charge in [0.15, 0.2) is 0 Å². The summed E-state index contributed by atoms with van der Waals surface area (Å²) >= 11 is 0. The monoisotopic (exact) mass is 404 g/mol. The van der Waals surface area contributed by atoms with Crippen molar-refractivity contribution in [1.29, 1.82) is 0 Å². The van der Waals surface area contributed by atoms with Crippen molar-refractivity contribution in [3.8, 4) is 0 Å². The van der Waals surface area contributed by atoms with E-state index in [1.54, 1.807) is 6.92 Å². The van der Waals surface area contributed by atoms with Crippen LogP contribution < -0.4 is 0 Å². The van der Waals surface area contributed by atoms with Crippen molar-refractivity contribution in [2.45, 2.75) is 13.3 Å². The molecule has 140 valence electrons. The third-order valence-corrected chi connectivity index (χ3v) is 5.51. The van der Waals surface area contributed by atoms with Crippen LogP contribution in [0.4, 0.5) is 0 Å². The number of rotatable bonds is 13. The minimum Gasteiger partial charge on any atom is -0.266 e. The molecule has 0 heterocycles. The first-order valence-corrected chi connectivity index (χ1v) is 10.8. The molecule has 0 aromatic rings. The van der Waals surface area contributed by atoms with Crippen molar-refractivity contribution in [3.05, 3.63) is 36.0 Å². The summed E-state index contributed by atoms with van der Waals surface area (Å²) < 4.78 is 82.4. The summed E-state index contributed by atoms with van der Waals surface area (Å²) in [4.78, 5) is 0. The highest BCUT2D eigenvalue weighted by molar-refractivity contribution is 7.90. The fraction of sp³-hybridized carbons (Fsp3) is 0.500. The lowest BCUT2D eigenvalue weighted by atomic mass is 9.88. The predicted octanol–water partition coefficient (Wildman–Crippen LogP) is 0.853. The first kappa shape index (κ1) is 22.9. The van der Waals surface area contributed by atoms with Gasteiger partial charge in [-0.3, -0.25) is 12.5 Å². The molecule has 0 aromatic carbocycles. The molecule has 24 heavy (non-hydrogen) atoms. The Balaban J connectivity index is 5.45. The average Bonchev–Trinajstić information content (AvgIpc) is 2.55. The van der Waals surface area contributed by atoms with Crippen molar-refractivity contribution >= 4 is 30.4 Å². The first-order valence-electron chi connectivity index (χ1n) is 6.42. The summed E-state index contributed by atoms with van der Waals surface area (Å²) in [5.41, 5.74) is -1.39. The van der Waals surface area contributed by atoms with E-state index in [1.165, 1.54) is 0 Å². The molecule has 0 aliphatic carbocycles. The SMILES string of the molecule is C=CS(=O)(=O)OCC(CC)(COS(=O)(=O)C=C)COS(=O)(=O)C=C. The molecule has 0 fully saturated rings. The van der Waals surface area contributed by atoms with Crippen LogP contribution in [-0.2, 0) is 42.9 Å². The van der Waals surface area contributed by atoms with Gasteiger partial charge in [0.05, 0.1) is 36.0 Å². The van der Waals surface area contributed by atoms with Gasteiger partial charge in [0.2, 0.25) is 0 Å². The Bertz CT molecular complexity index is 658. The second-order valence-electron chi connectivity index (χ2n) is 4.62. The molecule has 9 nitrogen and oxygen atoms in total. The predicted molar refractivity (Wildman–Crippen MR) is 87.9 cm³/mol. The van der Waals surface area contributed by atoms with E-state index in [0.29, 0.717) is 16.2 Å². The molecule has 0 amide bonds. The first-order chi connectivity index (χ1) is 10.9. The van der Waals surface area contributed by atoms with Crippen LogP contribution in [0.5, 0.6) is 0 Å². The Hall–Kier alpha value is -1.05. The highest BCUT2D eigenvalue weighted by Crippen LogP contribution is 2.27. The molecule has 0 aromatic heterocycles. The highest BCUT2D eigenvalue weighted by Gasteiger charge is 2.35. The van der Waals surface area contributed by atoms with Gasteiger partial charge in [-0.2, -0.15) is 25.3 Å². The third kappa shape index (κ3) is 8.17. The minimum atomic E-state index is -4.07. The molecule has 0 rings (SSSR count). The molecular weight excluding hydrogens is 384 g/mol. The van der Waals surface area contributed by atoms with Crippen LogP contribution in [0.25, 0.3) is 0 Å². The third-order valence-electron chi connectivity index (χ3n) is 2.95. The van der Waals surface area contributed by atoms with E-state index in [0.717, 1.165) is 0 Å². The van der Waals surface area contributed by atoms with Gasteiger partial charge < -0.3 is 0 Å². The molecule has 0 aliphatic rings. The van der Waals surface area contributed by atoms with Gasteiger partial charge in [-0.05, 0) is 6.42 Å².